The maximum absolute atomic E-state index is 11.3. The second kappa shape index (κ2) is 24.6. The molecule has 0 spiro atoms. The van der Waals surface area contributed by atoms with Crippen LogP contribution in [0.3, 0.4) is 0 Å². The Hall–Kier alpha value is -5.25. The number of rotatable bonds is 25. The molecule has 9 nitrogen and oxygen atoms in total. The van der Waals surface area contributed by atoms with Gasteiger partial charge < -0.3 is 33.2 Å². The number of aromatic nitrogens is 2. The van der Waals surface area contributed by atoms with Gasteiger partial charge in [-0.1, -0.05) is 49.2 Å². The highest BCUT2D eigenvalue weighted by Gasteiger charge is 2.25. The standard InChI is InChI=1S/C54H66N2O7/c1-3-4-5-6-7-8-29-60-47-23-25-48(26-24-47)62-38-42-19-21-43(22-20-42)44-11-9-12-45(34-44)53-54(46-13-10-14-49(35-46)63-39-41-17-15-40(37-57)16-18-41)55-51-28-27-50(36-52(51)56-53)61-33-32-59-31-30-58-2/h3,9-14,23-28,34-37,40-43H,1,4-8,15-22,29-33,38-39H2,2H3. The smallest absolute Gasteiger partial charge is 0.123 e. The molecule has 5 aromatic rings. The highest BCUT2D eigenvalue weighted by molar-refractivity contribution is 5.87. The van der Waals surface area contributed by atoms with E-state index in [1.807, 2.05) is 60.7 Å². The van der Waals surface area contributed by atoms with E-state index in [2.05, 4.69) is 43.0 Å². The molecular weight excluding hydrogens is 789 g/mol. The first kappa shape index (κ1) is 45.8. The quantitative estimate of drug-likeness (QED) is 0.0323. The average Bonchev–Trinajstić information content (AvgIpc) is 3.34. The first-order valence-corrected chi connectivity index (χ1v) is 23.3. The topological polar surface area (TPSA) is 98.2 Å². The molecule has 0 aliphatic heterocycles. The van der Waals surface area contributed by atoms with Gasteiger partial charge in [0.25, 0.3) is 0 Å². The molecule has 7 rings (SSSR count). The first-order valence-electron chi connectivity index (χ1n) is 23.3. The first-order chi connectivity index (χ1) is 31.1. The summed E-state index contributed by atoms with van der Waals surface area (Å²) in [6.07, 6.45) is 17.3. The van der Waals surface area contributed by atoms with Crippen LogP contribution in [-0.4, -0.2) is 69.6 Å². The largest absolute Gasteiger partial charge is 0.494 e. The van der Waals surface area contributed by atoms with Crippen molar-refractivity contribution in [3.8, 4) is 45.5 Å². The number of aldehydes is 1. The van der Waals surface area contributed by atoms with E-state index in [9.17, 15) is 4.79 Å². The molecule has 0 N–H and O–H groups in total. The lowest BCUT2D eigenvalue weighted by molar-refractivity contribution is -0.112. The fourth-order valence-electron chi connectivity index (χ4n) is 8.81. The number of ether oxygens (including phenoxy) is 6. The molecule has 1 heterocycles. The second-order valence-corrected chi connectivity index (χ2v) is 17.2. The Morgan fingerprint density at radius 3 is 1.90 bits per heavy atom. The summed E-state index contributed by atoms with van der Waals surface area (Å²) in [6, 6.07) is 31.1. The van der Waals surface area contributed by atoms with E-state index in [0.717, 1.165) is 140 Å². The van der Waals surface area contributed by atoms with Crippen LogP contribution in [0.1, 0.15) is 95.0 Å². The number of fused-ring (bicyclic) bond motifs is 1. The van der Waals surface area contributed by atoms with Gasteiger partial charge >= 0.3 is 0 Å². The van der Waals surface area contributed by atoms with Gasteiger partial charge in [-0.05, 0) is 149 Å². The van der Waals surface area contributed by atoms with E-state index in [-0.39, 0.29) is 5.92 Å². The number of unbranched alkanes of at least 4 members (excludes halogenated alkanes) is 4. The number of carbonyl (C=O) groups excluding carboxylic acids is 1. The van der Waals surface area contributed by atoms with Crippen LogP contribution >= 0.6 is 0 Å². The van der Waals surface area contributed by atoms with Gasteiger partial charge in [0.2, 0.25) is 0 Å². The number of methoxy groups -OCH3 is 1. The molecule has 334 valence electrons. The second-order valence-electron chi connectivity index (χ2n) is 17.2. The van der Waals surface area contributed by atoms with Crippen molar-refractivity contribution in [3.05, 3.63) is 109 Å². The van der Waals surface area contributed by atoms with Crippen LogP contribution in [0.2, 0.25) is 0 Å². The minimum atomic E-state index is 0.193. The zero-order valence-corrected chi connectivity index (χ0v) is 37.2. The maximum atomic E-state index is 11.3. The summed E-state index contributed by atoms with van der Waals surface area (Å²) in [5.74, 6) is 4.96. The van der Waals surface area contributed by atoms with E-state index in [1.165, 1.54) is 24.8 Å². The molecule has 2 fully saturated rings. The zero-order valence-electron chi connectivity index (χ0n) is 37.2. The summed E-state index contributed by atoms with van der Waals surface area (Å²) in [4.78, 5) is 21.9. The van der Waals surface area contributed by atoms with Gasteiger partial charge in [0.15, 0.2) is 0 Å². The van der Waals surface area contributed by atoms with Crippen molar-refractivity contribution < 1.29 is 33.2 Å². The van der Waals surface area contributed by atoms with Gasteiger partial charge in [-0.2, -0.15) is 0 Å². The van der Waals surface area contributed by atoms with Crippen molar-refractivity contribution in [1.29, 1.82) is 0 Å². The van der Waals surface area contributed by atoms with Gasteiger partial charge in [-0.25, -0.2) is 9.97 Å². The summed E-state index contributed by atoms with van der Waals surface area (Å²) < 4.78 is 35.4. The third-order valence-electron chi connectivity index (χ3n) is 12.6. The Bertz CT molecular complexity index is 2160. The molecule has 4 aromatic carbocycles. The molecule has 2 saturated carbocycles. The van der Waals surface area contributed by atoms with Crippen molar-refractivity contribution in [2.75, 3.05) is 53.4 Å². The van der Waals surface area contributed by atoms with Crippen LogP contribution in [0, 0.1) is 17.8 Å². The van der Waals surface area contributed by atoms with Crippen LogP contribution in [-0.2, 0) is 14.3 Å². The highest BCUT2D eigenvalue weighted by Crippen LogP contribution is 2.39. The zero-order chi connectivity index (χ0) is 43.5. The number of nitrogens with zero attached hydrogens (tertiary/aromatic N) is 2. The summed E-state index contributed by atoms with van der Waals surface area (Å²) in [6.45, 7) is 7.89. The number of carbonyl (C=O) groups is 1. The van der Waals surface area contributed by atoms with Gasteiger partial charge in [0, 0.05) is 30.2 Å². The molecule has 2 aliphatic carbocycles. The van der Waals surface area contributed by atoms with Crippen molar-refractivity contribution in [2.45, 2.75) is 89.4 Å². The van der Waals surface area contributed by atoms with Gasteiger partial charge in [-0.15, -0.1) is 6.58 Å². The minimum Gasteiger partial charge on any atom is -0.494 e. The normalized spacial score (nSPS) is 18.7. The molecule has 63 heavy (non-hydrogen) atoms. The molecule has 0 radical (unpaired) electrons. The molecular formula is C54H66N2O7. The summed E-state index contributed by atoms with van der Waals surface area (Å²) >= 11 is 0. The molecule has 0 amide bonds. The lowest BCUT2D eigenvalue weighted by Gasteiger charge is -2.29. The Balaban J connectivity index is 1.01. The van der Waals surface area contributed by atoms with Crippen molar-refractivity contribution >= 4 is 17.3 Å². The van der Waals surface area contributed by atoms with Crippen LogP contribution < -0.4 is 18.9 Å². The predicted octanol–water partition coefficient (Wildman–Crippen LogP) is 12.3. The summed E-state index contributed by atoms with van der Waals surface area (Å²) in [7, 11) is 1.66. The van der Waals surface area contributed by atoms with E-state index < -0.39 is 0 Å². The van der Waals surface area contributed by atoms with E-state index in [4.69, 9.17) is 38.4 Å². The fraction of sp³-hybridized carbons (Fsp3) is 0.463. The molecule has 1 aromatic heterocycles. The molecule has 0 unspecified atom stereocenters. The average molecular weight is 855 g/mol. The number of hydrogen-bond donors (Lipinski definition) is 0. The third kappa shape index (κ3) is 13.9. The Morgan fingerprint density at radius 1 is 0.571 bits per heavy atom. The van der Waals surface area contributed by atoms with Crippen molar-refractivity contribution in [2.24, 2.45) is 17.8 Å². The molecule has 2 aliphatic rings. The van der Waals surface area contributed by atoms with Crippen LogP contribution in [0.5, 0.6) is 23.0 Å². The maximum Gasteiger partial charge on any atom is 0.123 e. The molecule has 0 saturated heterocycles. The van der Waals surface area contributed by atoms with E-state index in [1.54, 1.807) is 7.11 Å². The Kier molecular flexibility index (Phi) is 17.8. The molecule has 0 atom stereocenters. The number of allylic oxidation sites excluding steroid dienone is 1. The third-order valence-corrected chi connectivity index (χ3v) is 12.6. The molecule has 9 heteroatoms. The fourth-order valence-corrected chi connectivity index (χ4v) is 8.81. The SMILES string of the molecule is C=CCCCCCCOc1ccc(OCC2CCC(c3cccc(-c4nc5cc(OCCOCCOC)ccc5nc4-c4cccc(OCC5CCC(C=O)CC5)c4)c3)CC2)cc1. The lowest BCUT2D eigenvalue weighted by atomic mass is 9.78. The predicted molar refractivity (Wildman–Crippen MR) is 251 cm³/mol. The van der Waals surface area contributed by atoms with Gasteiger partial charge in [0.05, 0.1) is 62.1 Å². The van der Waals surface area contributed by atoms with Gasteiger partial charge in [-0.3, -0.25) is 0 Å². The van der Waals surface area contributed by atoms with Crippen LogP contribution in [0.15, 0.2) is 104 Å². The Morgan fingerprint density at radius 2 is 1.17 bits per heavy atom. The monoisotopic (exact) mass is 854 g/mol. The lowest BCUT2D eigenvalue weighted by Crippen LogP contribution is -2.20. The summed E-state index contributed by atoms with van der Waals surface area (Å²) in [5.41, 5.74) is 6.52. The number of hydrogen-bond acceptors (Lipinski definition) is 9. The number of benzene rings is 4. The van der Waals surface area contributed by atoms with Gasteiger partial charge in [0.1, 0.15) is 35.9 Å². The van der Waals surface area contributed by atoms with Crippen LogP contribution in [0.4, 0.5) is 0 Å². The summed E-state index contributed by atoms with van der Waals surface area (Å²) in [5, 5.41) is 0. The van der Waals surface area contributed by atoms with Crippen molar-refractivity contribution in [3.63, 3.8) is 0 Å². The van der Waals surface area contributed by atoms with E-state index in [0.29, 0.717) is 50.8 Å². The van der Waals surface area contributed by atoms with E-state index >= 15 is 0 Å². The minimum absolute atomic E-state index is 0.193. The van der Waals surface area contributed by atoms with Crippen LogP contribution in [0.25, 0.3) is 33.5 Å². The highest BCUT2D eigenvalue weighted by atomic mass is 16.5. The Labute approximate surface area is 374 Å². The molecule has 0 bridgehead atoms. The van der Waals surface area contributed by atoms with Crippen molar-refractivity contribution in [1.82, 2.24) is 9.97 Å².